The van der Waals surface area contributed by atoms with Crippen LogP contribution in [0.25, 0.3) is 5.57 Å². The molecular weight excluding hydrogens is 160 g/mol. The molecule has 0 saturated heterocycles. The van der Waals surface area contributed by atoms with Crippen LogP contribution in [0.15, 0.2) is 31.1 Å². The highest BCUT2D eigenvalue weighted by atomic mass is 14.9. The van der Waals surface area contributed by atoms with E-state index >= 15 is 0 Å². The highest BCUT2D eigenvalue weighted by Crippen LogP contribution is 2.05. The molecule has 1 N–H and O–H groups in total. The van der Waals surface area contributed by atoms with Gasteiger partial charge in [0.1, 0.15) is 5.82 Å². The van der Waals surface area contributed by atoms with Crippen LogP contribution in [0.3, 0.4) is 0 Å². The van der Waals surface area contributed by atoms with Crippen LogP contribution in [-0.2, 0) is 0 Å². The third kappa shape index (κ3) is 5.01. The molecule has 0 aromatic carbocycles. The fraction of sp³-hybridized carbons (Fsp3) is 0.364. The average Bonchev–Trinajstić information content (AvgIpc) is 2.58. The first-order valence-corrected chi connectivity index (χ1v) is 4.55. The third-order valence-electron chi connectivity index (χ3n) is 1.24. The van der Waals surface area contributed by atoms with Crippen molar-refractivity contribution in [2.45, 2.75) is 27.2 Å². The number of rotatable bonds is 2. The Labute approximate surface area is 80.4 Å². The first-order chi connectivity index (χ1) is 6.26. The molecule has 0 saturated carbocycles. The number of H-pyrrole nitrogens is 1. The summed E-state index contributed by atoms with van der Waals surface area (Å²) in [6.45, 7) is 9.83. The van der Waals surface area contributed by atoms with E-state index in [9.17, 15) is 0 Å². The van der Waals surface area contributed by atoms with Crippen LogP contribution in [0.5, 0.6) is 0 Å². The maximum absolute atomic E-state index is 4.06. The lowest BCUT2D eigenvalue weighted by Crippen LogP contribution is -1.79. The van der Waals surface area contributed by atoms with Crippen molar-refractivity contribution in [3.05, 3.63) is 36.9 Å². The van der Waals surface area contributed by atoms with E-state index in [4.69, 9.17) is 0 Å². The Hall–Kier alpha value is -1.31. The van der Waals surface area contributed by atoms with E-state index in [1.54, 1.807) is 18.5 Å². The minimum atomic E-state index is 0.903. The molecule has 1 aromatic rings. The van der Waals surface area contributed by atoms with E-state index in [2.05, 4.69) is 30.4 Å². The van der Waals surface area contributed by atoms with Crippen LogP contribution in [-0.4, -0.2) is 9.97 Å². The predicted octanol–water partition coefficient (Wildman–Crippen LogP) is 3.42. The van der Waals surface area contributed by atoms with Gasteiger partial charge in [0, 0.05) is 12.4 Å². The zero-order valence-electron chi connectivity index (χ0n) is 8.67. The summed E-state index contributed by atoms with van der Waals surface area (Å²) >= 11 is 0. The normalized spacial score (nSPS) is 10.2. The molecular formula is C11H18N2. The lowest BCUT2D eigenvalue weighted by atomic mass is 10.3. The molecule has 13 heavy (non-hydrogen) atoms. The molecule has 2 nitrogen and oxygen atoms in total. The summed E-state index contributed by atoms with van der Waals surface area (Å²) in [5.41, 5.74) is 1.10. The van der Waals surface area contributed by atoms with Crippen molar-refractivity contribution >= 4 is 5.57 Å². The quantitative estimate of drug-likeness (QED) is 0.691. The summed E-state index contributed by atoms with van der Waals surface area (Å²) < 4.78 is 0. The van der Waals surface area contributed by atoms with Gasteiger partial charge in [0.05, 0.1) is 0 Å². The molecule has 0 aliphatic heterocycles. The minimum Gasteiger partial charge on any atom is -0.345 e. The molecule has 0 radical (unpaired) electrons. The molecule has 0 bridgehead atoms. The van der Waals surface area contributed by atoms with Gasteiger partial charge in [-0.1, -0.05) is 39.0 Å². The van der Waals surface area contributed by atoms with Gasteiger partial charge in [0.25, 0.3) is 0 Å². The molecule has 1 aromatic heterocycles. The Morgan fingerprint density at radius 1 is 1.62 bits per heavy atom. The summed E-state index contributed by atoms with van der Waals surface area (Å²) in [5, 5.41) is 0. The van der Waals surface area contributed by atoms with Crippen LogP contribution in [0, 0.1) is 0 Å². The standard InChI is InChI=1S/C8H10N2.C3H8/c1-3-4-7(2)8-9-5-6-10-8;1-3-2/h3-6H,1H2,2H3,(H,9,10);3H2,1-2H3/b7-4-;. The molecule has 1 rings (SSSR count). The van der Waals surface area contributed by atoms with E-state index in [1.165, 1.54) is 6.42 Å². The first kappa shape index (κ1) is 11.7. The molecule has 0 fully saturated rings. The summed E-state index contributed by atoms with van der Waals surface area (Å²) in [6, 6.07) is 0. The number of nitrogens with one attached hydrogen (secondary N) is 1. The SMILES string of the molecule is C=C/C=C(/C)c1ncc[nH]1.CCC. The molecule has 2 heteroatoms. The third-order valence-corrected chi connectivity index (χ3v) is 1.24. The van der Waals surface area contributed by atoms with Gasteiger partial charge in [-0.25, -0.2) is 4.98 Å². The van der Waals surface area contributed by atoms with E-state index in [0.717, 1.165) is 11.4 Å². The number of hydrogen-bond acceptors (Lipinski definition) is 1. The molecule has 72 valence electrons. The molecule has 0 spiro atoms. The highest BCUT2D eigenvalue weighted by Gasteiger charge is 1.92. The smallest absolute Gasteiger partial charge is 0.132 e. The van der Waals surface area contributed by atoms with Crippen LogP contribution in [0.1, 0.15) is 33.0 Å². The van der Waals surface area contributed by atoms with Crippen molar-refractivity contribution in [3.8, 4) is 0 Å². The minimum absolute atomic E-state index is 0.903. The van der Waals surface area contributed by atoms with Gasteiger partial charge >= 0.3 is 0 Å². The molecule has 0 aliphatic carbocycles. The molecule has 0 unspecified atom stereocenters. The second-order valence-corrected chi connectivity index (χ2v) is 2.73. The van der Waals surface area contributed by atoms with Crippen molar-refractivity contribution < 1.29 is 0 Å². The maximum atomic E-state index is 4.06. The van der Waals surface area contributed by atoms with Gasteiger partial charge in [-0.3, -0.25) is 0 Å². The Bertz CT molecular complexity index is 245. The summed E-state index contributed by atoms with van der Waals surface area (Å²) in [5.74, 6) is 0.903. The van der Waals surface area contributed by atoms with Crippen LogP contribution >= 0.6 is 0 Å². The molecule has 0 amide bonds. The van der Waals surface area contributed by atoms with Gasteiger partial charge in [0.2, 0.25) is 0 Å². The summed E-state index contributed by atoms with van der Waals surface area (Å²) in [7, 11) is 0. The Balaban J connectivity index is 0.000000424. The van der Waals surface area contributed by atoms with Gasteiger partial charge in [-0.05, 0) is 12.5 Å². The molecule has 0 aliphatic rings. The van der Waals surface area contributed by atoms with E-state index in [1.807, 2.05) is 13.0 Å². The van der Waals surface area contributed by atoms with E-state index in [-0.39, 0.29) is 0 Å². The average molecular weight is 178 g/mol. The van der Waals surface area contributed by atoms with Gasteiger partial charge in [-0.15, -0.1) is 0 Å². The molecule has 0 atom stereocenters. The second-order valence-electron chi connectivity index (χ2n) is 2.73. The zero-order valence-corrected chi connectivity index (χ0v) is 8.67. The number of imidazole rings is 1. The van der Waals surface area contributed by atoms with Crippen LogP contribution < -0.4 is 0 Å². The summed E-state index contributed by atoms with van der Waals surface area (Å²) in [6.07, 6.45) is 8.45. The van der Waals surface area contributed by atoms with Crippen molar-refractivity contribution in [3.63, 3.8) is 0 Å². The first-order valence-electron chi connectivity index (χ1n) is 4.55. The number of aromatic amines is 1. The van der Waals surface area contributed by atoms with Gasteiger partial charge in [0.15, 0.2) is 0 Å². The largest absolute Gasteiger partial charge is 0.345 e. The van der Waals surface area contributed by atoms with Crippen LogP contribution in [0.4, 0.5) is 0 Å². The van der Waals surface area contributed by atoms with Crippen molar-refractivity contribution in [1.82, 2.24) is 9.97 Å². The summed E-state index contributed by atoms with van der Waals surface area (Å²) in [4.78, 5) is 7.06. The fourth-order valence-corrected chi connectivity index (χ4v) is 0.737. The lowest BCUT2D eigenvalue weighted by Gasteiger charge is -1.90. The van der Waals surface area contributed by atoms with Gasteiger partial charge < -0.3 is 4.98 Å². The lowest BCUT2D eigenvalue weighted by molar-refractivity contribution is 1.09. The monoisotopic (exact) mass is 178 g/mol. The molecule has 1 heterocycles. The second kappa shape index (κ2) is 7.35. The van der Waals surface area contributed by atoms with Gasteiger partial charge in [-0.2, -0.15) is 0 Å². The van der Waals surface area contributed by atoms with E-state index < -0.39 is 0 Å². The van der Waals surface area contributed by atoms with Crippen LogP contribution in [0.2, 0.25) is 0 Å². The number of aromatic nitrogens is 2. The Morgan fingerprint density at radius 2 is 2.23 bits per heavy atom. The van der Waals surface area contributed by atoms with Crippen molar-refractivity contribution in [1.29, 1.82) is 0 Å². The topological polar surface area (TPSA) is 28.7 Å². The Kier molecular flexibility index (Phi) is 6.60. The zero-order chi connectivity index (χ0) is 10.1. The van der Waals surface area contributed by atoms with Crippen molar-refractivity contribution in [2.24, 2.45) is 0 Å². The Morgan fingerprint density at radius 3 is 2.62 bits per heavy atom. The predicted molar refractivity (Wildman–Crippen MR) is 58.4 cm³/mol. The fourth-order valence-electron chi connectivity index (χ4n) is 0.737. The highest BCUT2D eigenvalue weighted by molar-refractivity contribution is 5.58. The maximum Gasteiger partial charge on any atom is 0.132 e. The number of hydrogen-bond donors (Lipinski definition) is 1. The van der Waals surface area contributed by atoms with Crippen molar-refractivity contribution in [2.75, 3.05) is 0 Å². The van der Waals surface area contributed by atoms with E-state index in [0.29, 0.717) is 0 Å². The number of allylic oxidation sites excluding steroid dienone is 3. The number of nitrogens with zero attached hydrogens (tertiary/aromatic N) is 1.